The lowest BCUT2D eigenvalue weighted by Gasteiger charge is -2.31. The van der Waals surface area contributed by atoms with E-state index in [1.165, 1.54) is 0 Å². The summed E-state index contributed by atoms with van der Waals surface area (Å²) >= 11 is 6.42. The molecule has 2 heterocycles. The first-order chi connectivity index (χ1) is 16.6. The molecule has 35 heavy (non-hydrogen) atoms. The van der Waals surface area contributed by atoms with Gasteiger partial charge in [-0.25, -0.2) is 4.79 Å². The number of hydrogen-bond acceptors (Lipinski definition) is 6. The van der Waals surface area contributed by atoms with E-state index in [2.05, 4.69) is 35.8 Å². The smallest absolute Gasteiger partial charge is 0.435 e. The van der Waals surface area contributed by atoms with Crippen molar-refractivity contribution in [3.05, 3.63) is 51.9 Å². The molecule has 0 saturated carbocycles. The molecule has 4 rings (SSSR count). The van der Waals surface area contributed by atoms with Gasteiger partial charge in [-0.1, -0.05) is 23.1 Å². The molecule has 3 aromatic rings. The fraction of sp³-hybridized carbons (Fsp3) is 0.400. The molecule has 10 heteroatoms. The van der Waals surface area contributed by atoms with Gasteiger partial charge in [0.2, 0.25) is 11.9 Å². The van der Waals surface area contributed by atoms with Gasteiger partial charge in [0.15, 0.2) is 0 Å². The van der Waals surface area contributed by atoms with Crippen molar-refractivity contribution in [2.75, 3.05) is 12.0 Å². The van der Waals surface area contributed by atoms with Gasteiger partial charge in [0, 0.05) is 22.5 Å². The Morgan fingerprint density at radius 1 is 1.34 bits per heavy atom. The van der Waals surface area contributed by atoms with Gasteiger partial charge in [-0.3, -0.25) is 0 Å². The van der Waals surface area contributed by atoms with Crippen molar-refractivity contribution in [2.45, 2.75) is 58.2 Å². The molecule has 0 radical (unpaired) electrons. The summed E-state index contributed by atoms with van der Waals surface area (Å²) in [6, 6.07) is 12.1. The van der Waals surface area contributed by atoms with Crippen LogP contribution >= 0.6 is 11.6 Å². The molecule has 0 aliphatic carbocycles. The van der Waals surface area contributed by atoms with Gasteiger partial charge < -0.3 is 10.1 Å². The van der Waals surface area contributed by atoms with E-state index in [1.54, 1.807) is 50.2 Å². The second kappa shape index (κ2) is 9.64. The number of anilines is 1. The van der Waals surface area contributed by atoms with Gasteiger partial charge in [0.05, 0.1) is 40.1 Å². The summed E-state index contributed by atoms with van der Waals surface area (Å²) in [5, 5.41) is 18.1. The number of fused-ring (bicyclic) bond motifs is 1. The number of nitroso groups, excluding NO2 is 1. The first kappa shape index (κ1) is 24.6. The standard InChI is InChI=1S/C25H28ClN6O3/c1-15(2)35-24(33)31-22-8-6-17(19-11-16(13-27)5-7-21(19)26)12-20(22)23(29-31)30-32(34)18-9-10-25(3,4)28-14-18/h5-8,11-12,15,18,28H,9-10,14H2,1-4H3,(H,29,30,34)/q+1/t18-/m1/s1. The number of nitrogens with zero attached hydrogens (tertiary/aromatic N) is 4. The Hall–Kier alpha value is -3.48. The van der Waals surface area contributed by atoms with Crippen LogP contribution in [0.5, 0.6) is 0 Å². The Morgan fingerprint density at radius 2 is 2.11 bits per heavy atom. The van der Waals surface area contributed by atoms with Crippen LogP contribution in [0.4, 0.5) is 10.6 Å². The fourth-order valence-electron chi connectivity index (χ4n) is 4.08. The highest BCUT2D eigenvalue weighted by molar-refractivity contribution is 6.33. The van der Waals surface area contributed by atoms with Crippen LogP contribution in [0, 0.1) is 16.2 Å². The Bertz CT molecular complexity index is 1330. The van der Waals surface area contributed by atoms with Crippen molar-refractivity contribution in [1.29, 1.82) is 5.26 Å². The van der Waals surface area contributed by atoms with Crippen LogP contribution < -0.4 is 10.7 Å². The zero-order valence-electron chi connectivity index (χ0n) is 20.1. The molecule has 0 unspecified atom stereocenters. The largest absolute Gasteiger partial charge is 0.445 e. The molecule has 0 spiro atoms. The van der Waals surface area contributed by atoms with Gasteiger partial charge in [0.25, 0.3) is 0 Å². The van der Waals surface area contributed by atoms with E-state index >= 15 is 0 Å². The summed E-state index contributed by atoms with van der Waals surface area (Å²) in [7, 11) is 0. The van der Waals surface area contributed by atoms with Crippen LogP contribution in [0.1, 0.15) is 46.1 Å². The maximum absolute atomic E-state index is 13.0. The molecule has 1 aliphatic rings. The molecular weight excluding hydrogens is 468 g/mol. The average Bonchev–Trinajstić information content (AvgIpc) is 3.16. The fourth-order valence-corrected chi connectivity index (χ4v) is 4.31. The topological polar surface area (TPSA) is 112 Å². The number of carbonyl (C=O) groups excluding carboxylic acids is 1. The van der Waals surface area contributed by atoms with Crippen molar-refractivity contribution < 1.29 is 14.4 Å². The number of rotatable bonds is 5. The Morgan fingerprint density at radius 3 is 2.77 bits per heavy atom. The number of halogens is 1. The molecule has 1 saturated heterocycles. The number of hydrazine groups is 1. The third-order valence-electron chi connectivity index (χ3n) is 6.06. The van der Waals surface area contributed by atoms with Gasteiger partial charge in [-0.15, -0.1) is 5.10 Å². The summed E-state index contributed by atoms with van der Waals surface area (Å²) in [4.78, 5) is 26.5. The van der Waals surface area contributed by atoms with Gasteiger partial charge >= 0.3 is 6.09 Å². The molecule has 182 valence electrons. The molecular formula is C25H28ClN6O3+. The highest BCUT2D eigenvalue weighted by atomic mass is 35.5. The number of nitriles is 1. The first-order valence-corrected chi connectivity index (χ1v) is 11.9. The van der Waals surface area contributed by atoms with E-state index in [1.807, 2.05) is 0 Å². The molecule has 0 amide bonds. The molecule has 1 aliphatic heterocycles. The van der Waals surface area contributed by atoms with Crippen LogP contribution in [0.25, 0.3) is 22.0 Å². The Kier molecular flexibility index (Phi) is 6.79. The number of piperidine rings is 1. The lowest BCUT2D eigenvalue weighted by molar-refractivity contribution is -0.559. The molecule has 2 N–H and O–H groups in total. The van der Waals surface area contributed by atoms with Gasteiger partial charge in [-0.2, -0.15) is 9.94 Å². The average molecular weight is 496 g/mol. The number of ether oxygens (including phenoxy) is 1. The molecule has 1 aromatic heterocycles. The van der Waals surface area contributed by atoms with E-state index in [0.717, 1.165) is 21.5 Å². The maximum atomic E-state index is 13.0. The van der Waals surface area contributed by atoms with E-state index < -0.39 is 6.09 Å². The van der Waals surface area contributed by atoms with Crippen LogP contribution in [0.15, 0.2) is 36.4 Å². The molecule has 1 atom stereocenters. The first-order valence-electron chi connectivity index (χ1n) is 11.5. The minimum atomic E-state index is -0.645. The van der Waals surface area contributed by atoms with Crippen LogP contribution in [0.3, 0.4) is 0 Å². The monoisotopic (exact) mass is 495 g/mol. The van der Waals surface area contributed by atoms with Gasteiger partial charge in [-0.05, 0) is 70.0 Å². The van der Waals surface area contributed by atoms with Gasteiger partial charge in [0.1, 0.15) is 4.87 Å². The number of carbonyl (C=O) groups is 1. The summed E-state index contributed by atoms with van der Waals surface area (Å²) < 4.78 is 6.48. The quantitative estimate of drug-likeness (QED) is 0.367. The van der Waals surface area contributed by atoms with Crippen LogP contribution in [-0.4, -0.2) is 45.0 Å². The highest BCUT2D eigenvalue weighted by Crippen LogP contribution is 2.34. The number of nitrogens with one attached hydrogen (secondary N) is 2. The molecule has 9 nitrogen and oxygen atoms in total. The lowest BCUT2D eigenvalue weighted by atomic mass is 9.91. The molecule has 2 aromatic carbocycles. The molecule has 1 fully saturated rings. The number of hydrogen-bond donors (Lipinski definition) is 2. The highest BCUT2D eigenvalue weighted by Gasteiger charge is 2.36. The third-order valence-corrected chi connectivity index (χ3v) is 6.39. The lowest BCUT2D eigenvalue weighted by Crippen LogP contribution is -2.52. The van der Waals surface area contributed by atoms with Crippen molar-refractivity contribution in [3.63, 3.8) is 0 Å². The number of benzene rings is 2. The van der Waals surface area contributed by atoms with Crippen LogP contribution in [0.2, 0.25) is 5.02 Å². The van der Waals surface area contributed by atoms with E-state index in [0.29, 0.717) is 40.0 Å². The predicted octanol–water partition coefficient (Wildman–Crippen LogP) is 5.26. The summed E-state index contributed by atoms with van der Waals surface area (Å²) in [6.45, 7) is 8.24. The zero-order valence-corrected chi connectivity index (χ0v) is 20.9. The van der Waals surface area contributed by atoms with Crippen molar-refractivity contribution in [1.82, 2.24) is 15.1 Å². The minimum absolute atomic E-state index is 0.0155. The number of aromatic nitrogens is 2. The second-order valence-electron chi connectivity index (χ2n) is 9.63. The maximum Gasteiger partial charge on any atom is 0.435 e. The molecule has 0 bridgehead atoms. The Labute approximate surface area is 208 Å². The zero-order chi connectivity index (χ0) is 25.3. The summed E-state index contributed by atoms with van der Waals surface area (Å²) in [5.41, 5.74) is 5.15. The van der Waals surface area contributed by atoms with Crippen molar-refractivity contribution in [2.24, 2.45) is 0 Å². The predicted molar refractivity (Wildman–Crippen MR) is 134 cm³/mol. The Balaban J connectivity index is 1.75. The summed E-state index contributed by atoms with van der Waals surface area (Å²) in [5.74, 6) is 0.231. The van der Waals surface area contributed by atoms with Crippen LogP contribution in [-0.2, 0) is 4.74 Å². The minimum Gasteiger partial charge on any atom is -0.445 e. The van der Waals surface area contributed by atoms with E-state index in [-0.39, 0.29) is 23.5 Å². The summed E-state index contributed by atoms with van der Waals surface area (Å²) in [6.07, 6.45) is 0.588. The second-order valence-corrected chi connectivity index (χ2v) is 10.0. The van der Waals surface area contributed by atoms with Crippen molar-refractivity contribution in [3.8, 4) is 17.2 Å². The van der Waals surface area contributed by atoms with E-state index in [9.17, 15) is 15.0 Å². The van der Waals surface area contributed by atoms with E-state index in [4.69, 9.17) is 16.3 Å². The van der Waals surface area contributed by atoms with Crippen molar-refractivity contribution >= 4 is 34.4 Å². The third kappa shape index (κ3) is 5.29. The SMILES string of the molecule is CC(C)OC(=O)n1nc(N[N+](=O)[C@@H]2CCC(C)(C)NC2)c2cc(-c3cc(C#N)ccc3Cl)ccc21. The normalized spacial score (nSPS) is 17.2.